The van der Waals surface area contributed by atoms with Crippen LogP contribution in [-0.4, -0.2) is 39.5 Å². The predicted octanol–water partition coefficient (Wildman–Crippen LogP) is 2.45. The normalized spacial score (nSPS) is 33.8. The van der Waals surface area contributed by atoms with Crippen molar-refractivity contribution in [1.82, 2.24) is 5.32 Å². The van der Waals surface area contributed by atoms with E-state index in [1.54, 1.807) is 7.11 Å². The van der Waals surface area contributed by atoms with Crippen LogP contribution in [0.1, 0.15) is 39.5 Å². The molecule has 1 aliphatic heterocycles. The first-order chi connectivity index (χ1) is 8.74. The molecule has 3 nitrogen and oxygen atoms in total. The molecule has 2 fully saturated rings. The first-order valence-electron chi connectivity index (χ1n) is 7.56. The van der Waals surface area contributed by atoms with Gasteiger partial charge in [-0.05, 0) is 31.1 Å². The van der Waals surface area contributed by atoms with Gasteiger partial charge >= 0.3 is 0 Å². The Morgan fingerprint density at radius 1 is 1.44 bits per heavy atom. The standard InChI is InChI=1S/C15H29NO2/c1-4-12(2)15(11-16-8-10-17-3)7-9-18-14(15)13-5-6-13/h12-14,16H,4-11H2,1-3H3. The highest BCUT2D eigenvalue weighted by atomic mass is 16.5. The second kappa shape index (κ2) is 6.36. The second-order valence-corrected chi connectivity index (χ2v) is 6.09. The van der Waals surface area contributed by atoms with Gasteiger partial charge in [0, 0.05) is 32.2 Å². The Kier molecular flexibility index (Phi) is 5.05. The topological polar surface area (TPSA) is 30.5 Å². The molecule has 1 saturated heterocycles. The van der Waals surface area contributed by atoms with E-state index in [-0.39, 0.29) is 0 Å². The maximum atomic E-state index is 6.10. The van der Waals surface area contributed by atoms with Crippen molar-refractivity contribution < 1.29 is 9.47 Å². The van der Waals surface area contributed by atoms with Crippen LogP contribution in [-0.2, 0) is 9.47 Å². The third-order valence-corrected chi connectivity index (χ3v) is 5.01. The molecule has 2 aliphatic rings. The van der Waals surface area contributed by atoms with Gasteiger partial charge < -0.3 is 14.8 Å². The highest BCUT2D eigenvalue weighted by Gasteiger charge is 2.52. The zero-order chi connectivity index (χ0) is 13.0. The quantitative estimate of drug-likeness (QED) is 0.676. The van der Waals surface area contributed by atoms with Crippen molar-refractivity contribution in [3.8, 4) is 0 Å². The molecule has 106 valence electrons. The maximum Gasteiger partial charge on any atom is 0.0674 e. The lowest BCUT2D eigenvalue weighted by atomic mass is 9.68. The van der Waals surface area contributed by atoms with Gasteiger partial charge in [-0.25, -0.2) is 0 Å². The molecule has 1 aliphatic carbocycles. The largest absolute Gasteiger partial charge is 0.383 e. The summed E-state index contributed by atoms with van der Waals surface area (Å²) in [5.41, 5.74) is 0.365. The van der Waals surface area contributed by atoms with Gasteiger partial charge in [0.25, 0.3) is 0 Å². The van der Waals surface area contributed by atoms with Crippen molar-refractivity contribution in [2.75, 3.05) is 33.4 Å². The minimum absolute atomic E-state index is 0.365. The fourth-order valence-electron chi connectivity index (χ4n) is 3.48. The molecule has 0 amide bonds. The number of rotatable bonds is 8. The molecule has 0 radical (unpaired) electrons. The molecule has 1 N–H and O–H groups in total. The Hall–Kier alpha value is -0.120. The molecular weight excluding hydrogens is 226 g/mol. The van der Waals surface area contributed by atoms with Gasteiger partial charge in [-0.15, -0.1) is 0 Å². The van der Waals surface area contributed by atoms with Crippen molar-refractivity contribution >= 4 is 0 Å². The van der Waals surface area contributed by atoms with Gasteiger partial charge in [-0.2, -0.15) is 0 Å². The van der Waals surface area contributed by atoms with E-state index in [4.69, 9.17) is 9.47 Å². The van der Waals surface area contributed by atoms with Gasteiger partial charge in [0.2, 0.25) is 0 Å². The maximum absolute atomic E-state index is 6.10. The van der Waals surface area contributed by atoms with Gasteiger partial charge in [0.15, 0.2) is 0 Å². The molecule has 3 atom stereocenters. The van der Waals surface area contributed by atoms with E-state index in [9.17, 15) is 0 Å². The molecule has 0 aromatic carbocycles. The summed E-state index contributed by atoms with van der Waals surface area (Å²) in [5.74, 6) is 1.58. The lowest BCUT2D eigenvalue weighted by Gasteiger charge is -2.40. The fraction of sp³-hybridized carbons (Fsp3) is 1.00. The molecule has 0 aromatic heterocycles. The molecule has 0 aromatic rings. The van der Waals surface area contributed by atoms with Crippen LogP contribution in [0.5, 0.6) is 0 Å². The summed E-state index contributed by atoms with van der Waals surface area (Å²) in [5, 5.41) is 3.59. The minimum atomic E-state index is 0.365. The van der Waals surface area contributed by atoms with Crippen molar-refractivity contribution in [2.24, 2.45) is 17.3 Å². The van der Waals surface area contributed by atoms with Gasteiger partial charge in [0.1, 0.15) is 0 Å². The Balaban J connectivity index is 1.97. The Morgan fingerprint density at radius 3 is 2.83 bits per heavy atom. The zero-order valence-electron chi connectivity index (χ0n) is 12.2. The fourth-order valence-corrected chi connectivity index (χ4v) is 3.48. The molecule has 0 spiro atoms. The number of hydrogen-bond donors (Lipinski definition) is 1. The molecule has 18 heavy (non-hydrogen) atoms. The third-order valence-electron chi connectivity index (χ3n) is 5.01. The molecular formula is C15H29NO2. The van der Waals surface area contributed by atoms with Crippen molar-refractivity contribution in [1.29, 1.82) is 0 Å². The van der Waals surface area contributed by atoms with E-state index >= 15 is 0 Å². The van der Waals surface area contributed by atoms with Crippen molar-refractivity contribution in [3.63, 3.8) is 0 Å². The van der Waals surface area contributed by atoms with Crippen molar-refractivity contribution in [3.05, 3.63) is 0 Å². The monoisotopic (exact) mass is 255 g/mol. The van der Waals surface area contributed by atoms with Crippen LogP contribution in [0.3, 0.4) is 0 Å². The lowest BCUT2D eigenvalue weighted by Crippen LogP contribution is -2.47. The Labute approximate surface area is 112 Å². The van der Waals surface area contributed by atoms with Crippen LogP contribution in [0.25, 0.3) is 0 Å². The van der Waals surface area contributed by atoms with Crippen LogP contribution in [0, 0.1) is 17.3 Å². The average Bonchev–Trinajstić information content (AvgIpc) is 3.14. The lowest BCUT2D eigenvalue weighted by molar-refractivity contribution is 0.00177. The first kappa shape index (κ1) is 14.3. The minimum Gasteiger partial charge on any atom is -0.383 e. The smallest absolute Gasteiger partial charge is 0.0674 e. The van der Waals surface area contributed by atoms with Crippen LogP contribution < -0.4 is 5.32 Å². The highest BCUT2D eigenvalue weighted by Crippen LogP contribution is 2.51. The molecule has 1 saturated carbocycles. The SMILES string of the molecule is CCC(C)C1(CNCCOC)CCOC1C1CC1. The number of hydrogen-bond acceptors (Lipinski definition) is 3. The molecule has 2 rings (SSSR count). The Bertz CT molecular complexity index is 255. The number of nitrogens with one attached hydrogen (secondary N) is 1. The summed E-state index contributed by atoms with van der Waals surface area (Å²) in [6.45, 7) is 8.51. The summed E-state index contributed by atoms with van der Waals surface area (Å²) >= 11 is 0. The van der Waals surface area contributed by atoms with E-state index in [1.807, 2.05) is 0 Å². The zero-order valence-corrected chi connectivity index (χ0v) is 12.2. The summed E-state index contributed by atoms with van der Waals surface area (Å²) in [7, 11) is 1.76. The molecule has 0 bridgehead atoms. The van der Waals surface area contributed by atoms with Crippen LogP contribution in [0.15, 0.2) is 0 Å². The van der Waals surface area contributed by atoms with Crippen LogP contribution in [0.4, 0.5) is 0 Å². The average molecular weight is 255 g/mol. The van der Waals surface area contributed by atoms with Gasteiger partial charge in [-0.3, -0.25) is 0 Å². The van der Waals surface area contributed by atoms with Gasteiger partial charge in [0.05, 0.1) is 12.7 Å². The molecule has 3 heteroatoms. The van der Waals surface area contributed by atoms with E-state index < -0.39 is 0 Å². The first-order valence-corrected chi connectivity index (χ1v) is 7.56. The summed E-state index contributed by atoms with van der Waals surface area (Å²) in [6.07, 6.45) is 5.73. The van der Waals surface area contributed by atoms with E-state index in [1.165, 1.54) is 25.7 Å². The predicted molar refractivity (Wildman–Crippen MR) is 73.7 cm³/mol. The van der Waals surface area contributed by atoms with Gasteiger partial charge in [-0.1, -0.05) is 20.3 Å². The van der Waals surface area contributed by atoms with E-state index in [0.717, 1.165) is 38.1 Å². The van der Waals surface area contributed by atoms with E-state index in [2.05, 4.69) is 19.2 Å². The second-order valence-electron chi connectivity index (χ2n) is 6.09. The summed E-state index contributed by atoms with van der Waals surface area (Å²) in [6, 6.07) is 0. The molecule has 3 unspecified atom stereocenters. The third kappa shape index (κ3) is 2.89. The van der Waals surface area contributed by atoms with Crippen molar-refractivity contribution in [2.45, 2.75) is 45.6 Å². The summed E-state index contributed by atoms with van der Waals surface area (Å²) < 4.78 is 11.2. The highest BCUT2D eigenvalue weighted by molar-refractivity contribution is 5.02. The molecule has 1 heterocycles. The summed E-state index contributed by atoms with van der Waals surface area (Å²) in [4.78, 5) is 0. The van der Waals surface area contributed by atoms with Crippen LogP contribution >= 0.6 is 0 Å². The Morgan fingerprint density at radius 2 is 2.22 bits per heavy atom. The van der Waals surface area contributed by atoms with Crippen LogP contribution in [0.2, 0.25) is 0 Å². The van der Waals surface area contributed by atoms with E-state index in [0.29, 0.717) is 11.5 Å². The number of ether oxygens (including phenoxy) is 2. The number of methoxy groups -OCH3 is 1.